The molecule has 0 fully saturated rings. The number of nitrogens with zero attached hydrogens (tertiary/aromatic N) is 1. The maximum absolute atomic E-state index is 11.9. The van der Waals surface area contributed by atoms with E-state index in [0.717, 1.165) is 17.7 Å². The van der Waals surface area contributed by atoms with Gasteiger partial charge in [0.25, 0.3) is 0 Å². The van der Waals surface area contributed by atoms with Crippen LogP contribution in [0.25, 0.3) is 0 Å². The van der Waals surface area contributed by atoms with Crippen molar-refractivity contribution in [3.8, 4) is 0 Å². The molecule has 2 aromatic carbocycles. The lowest BCUT2D eigenvalue weighted by atomic mass is 9.94. The highest BCUT2D eigenvalue weighted by Gasteiger charge is 2.23. The highest BCUT2D eigenvalue weighted by atomic mass is 16.2. The molecule has 0 saturated heterocycles. The van der Waals surface area contributed by atoms with Gasteiger partial charge < -0.3 is 10.6 Å². The Kier molecular flexibility index (Phi) is 3.99. The van der Waals surface area contributed by atoms with Crippen LogP contribution in [0.1, 0.15) is 47.2 Å². The van der Waals surface area contributed by atoms with Crippen molar-refractivity contribution in [1.29, 1.82) is 0 Å². The molecule has 3 nitrogen and oxygen atoms in total. The number of hydrogen-bond acceptors (Lipinski definition) is 2. The Balaban J connectivity index is 1.87. The van der Waals surface area contributed by atoms with Crippen LogP contribution in [0.2, 0.25) is 0 Å². The largest absolute Gasteiger partial charge is 0.334 e. The average Bonchev–Trinajstić information content (AvgIpc) is 2.97. The van der Waals surface area contributed by atoms with Crippen LogP contribution < -0.4 is 5.73 Å². The zero-order chi connectivity index (χ0) is 15.7. The maximum atomic E-state index is 11.9. The molecule has 2 aromatic rings. The smallest absolute Gasteiger partial charge is 0.222 e. The van der Waals surface area contributed by atoms with Crippen LogP contribution >= 0.6 is 0 Å². The maximum Gasteiger partial charge on any atom is 0.222 e. The summed E-state index contributed by atoms with van der Waals surface area (Å²) < 4.78 is 0. The Morgan fingerprint density at radius 2 is 1.91 bits per heavy atom. The molecule has 0 spiro atoms. The van der Waals surface area contributed by atoms with E-state index in [9.17, 15) is 4.79 Å². The zero-order valence-electron chi connectivity index (χ0n) is 13.2. The fraction of sp³-hybridized carbons (Fsp3) is 0.316. The molecule has 0 aliphatic carbocycles. The molecular formula is C19H22N2O. The van der Waals surface area contributed by atoms with Crippen LogP contribution in [0.4, 0.5) is 0 Å². The summed E-state index contributed by atoms with van der Waals surface area (Å²) in [5.74, 6) is 0.209. The Hall–Kier alpha value is -2.13. The second kappa shape index (κ2) is 5.93. The van der Waals surface area contributed by atoms with Crippen LogP contribution in [0.5, 0.6) is 0 Å². The van der Waals surface area contributed by atoms with Crippen molar-refractivity contribution < 1.29 is 4.79 Å². The number of aryl methyl sites for hydroxylation is 1. The fourth-order valence-corrected chi connectivity index (χ4v) is 3.12. The van der Waals surface area contributed by atoms with Crippen LogP contribution in [-0.2, 0) is 17.9 Å². The first-order chi connectivity index (χ1) is 10.6. The molecule has 3 rings (SSSR count). The van der Waals surface area contributed by atoms with E-state index in [2.05, 4.69) is 37.3 Å². The lowest BCUT2D eigenvalue weighted by molar-refractivity contribution is -0.131. The van der Waals surface area contributed by atoms with Crippen molar-refractivity contribution in [3.05, 3.63) is 70.3 Å². The lowest BCUT2D eigenvalue weighted by Gasteiger charge is -2.16. The SMILES string of the molecule is CCC(=O)N1Cc2ccc(C(N)c3ccccc3C)cc2C1. The van der Waals surface area contributed by atoms with Crippen LogP contribution in [0.15, 0.2) is 42.5 Å². The lowest BCUT2D eigenvalue weighted by Crippen LogP contribution is -2.24. The van der Waals surface area contributed by atoms with Gasteiger partial charge in [-0.2, -0.15) is 0 Å². The summed E-state index contributed by atoms with van der Waals surface area (Å²) in [7, 11) is 0. The molecule has 0 saturated carbocycles. The predicted molar refractivity (Wildman–Crippen MR) is 88.2 cm³/mol. The van der Waals surface area contributed by atoms with Gasteiger partial charge in [0.15, 0.2) is 0 Å². The van der Waals surface area contributed by atoms with Crippen molar-refractivity contribution in [1.82, 2.24) is 4.90 Å². The molecule has 2 N–H and O–H groups in total. The monoisotopic (exact) mass is 294 g/mol. The van der Waals surface area contributed by atoms with Gasteiger partial charge in [-0.1, -0.05) is 49.4 Å². The minimum absolute atomic E-state index is 0.123. The summed E-state index contributed by atoms with van der Waals surface area (Å²) >= 11 is 0. The molecule has 3 heteroatoms. The Morgan fingerprint density at radius 1 is 1.18 bits per heavy atom. The number of carbonyl (C=O) groups is 1. The van der Waals surface area contributed by atoms with Gasteiger partial charge in [-0.05, 0) is 34.7 Å². The van der Waals surface area contributed by atoms with E-state index in [1.807, 2.05) is 24.0 Å². The van der Waals surface area contributed by atoms with Gasteiger partial charge in [0.05, 0.1) is 6.04 Å². The number of carbonyl (C=O) groups excluding carboxylic acids is 1. The first kappa shape index (κ1) is 14.8. The minimum atomic E-state index is -0.123. The van der Waals surface area contributed by atoms with Crippen LogP contribution in [-0.4, -0.2) is 10.8 Å². The van der Waals surface area contributed by atoms with Crippen molar-refractivity contribution in [3.63, 3.8) is 0 Å². The summed E-state index contributed by atoms with van der Waals surface area (Å²) in [6.45, 7) is 5.42. The third kappa shape index (κ3) is 2.64. The quantitative estimate of drug-likeness (QED) is 0.944. The van der Waals surface area contributed by atoms with Crippen LogP contribution in [0, 0.1) is 6.92 Å². The van der Waals surface area contributed by atoms with Gasteiger partial charge in [-0.15, -0.1) is 0 Å². The molecular weight excluding hydrogens is 272 g/mol. The van der Waals surface area contributed by atoms with Crippen molar-refractivity contribution in [2.24, 2.45) is 5.73 Å². The number of amides is 1. The summed E-state index contributed by atoms with van der Waals surface area (Å²) in [6.07, 6.45) is 0.559. The normalized spacial score (nSPS) is 14.8. The van der Waals surface area contributed by atoms with Gasteiger partial charge in [0.1, 0.15) is 0 Å². The third-order valence-corrected chi connectivity index (χ3v) is 4.49. The first-order valence-electron chi connectivity index (χ1n) is 7.80. The average molecular weight is 294 g/mol. The molecule has 0 radical (unpaired) electrons. The van der Waals surface area contributed by atoms with Crippen LogP contribution in [0.3, 0.4) is 0 Å². The molecule has 0 aromatic heterocycles. The molecule has 0 bridgehead atoms. The summed E-state index contributed by atoms with van der Waals surface area (Å²) in [5.41, 5.74) is 12.4. The second-order valence-electron chi connectivity index (χ2n) is 5.97. The number of benzene rings is 2. The van der Waals surface area contributed by atoms with E-state index in [1.54, 1.807) is 0 Å². The molecule has 1 aliphatic rings. The predicted octanol–water partition coefficient (Wildman–Crippen LogP) is 3.30. The van der Waals surface area contributed by atoms with E-state index >= 15 is 0 Å². The highest BCUT2D eigenvalue weighted by Crippen LogP contribution is 2.29. The molecule has 114 valence electrons. The van der Waals surface area contributed by atoms with E-state index in [4.69, 9.17) is 5.73 Å². The van der Waals surface area contributed by atoms with E-state index in [0.29, 0.717) is 13.0 Å². The van der Waals surface area contributed by atoms with Crippen molar-refractivity contribution in [2.75, 3.05) is 0 Å². The van der Waals surface area contributed by atoms with Crippen molar-refractivity contribution in [2.45, 2.75) is 39.4 Å². The summed E-state index contributed by atoms with van der Waals surface area (Å²) in [6, 6.07) is 14.5. The Labute approximate surface area is 131 Å². The van der Waals surface area contributed by atoms with Gasteiger partial charge in [0, 0.05) is 19.5 Å². The Bertz CT molecular complexity index is 708. The van der Waals surface area contributed by atoms with E-state index < -0.39 is 0 Å². The van der Waals surface area contributed by atoms with Gasteiger partial charge in [-0.3, -0.25) is 4.79 Å². The number of hydrogen-bond donors (Lipinski definition) is 1. The van der Waals surface area contributed by atoms with E-state index in [1.165, 1.54) is 16.7 Å². The minimum Gasteiger partial charge on any atom is -0.334 e. The van der Waals surface area contributed by atoms with Gasteiger partial charge >= 0.3 is 0 Å². The first-order valence-corrected chi connectivity index (χ1v) is 7.80. The third-order valence-electron chi connectivity index (χ3n) is 4.49. The summed E-state index contributed by atoms with van der Waals surface area (Å²) in [5, 5.41) is 0. The highest BCUT2D eigenvalue weighted by molar-refractivity contribution is 5.76. The second-order valence-corrected chi connectivity index (χ2v) is 5.97. The Morgan fingerprint density at radius 3 is 2.64 bits per heavy atom. The van der Waals surface area contributed by atoms with Crippen molar-refractivity contribution >= 4 is 5.91 Å². The molecule has 1 amide bonds. The van der Waals surface area contributed by atoms with Gasteiger partial charge in [-0.25, -0.2) is 0 Å². The number of fused-ring (bicyclic) bond motifs is 1. The molecule has 1 aliphatic heterocycles. The molecule has 22 heavy (non-hydrogen) atoms. The van der Waals surface area contributed by atoms with Gasteiger partial charge in [0.2, 0.25) is 5.91 Å². The summed E-state index contributed by atoms with van der Waals surface area (Å²) in [4.78, 5) is 13.8. The van der Waals surface area contributed by atoms with E-state index in [-0.39, 0.29) is 11.9 Å². The zero-order valence-corrected chi connectivity index (χ0v) is 13.2. The molecule has 1 atom stereocenters. The topological polar surface area (TPSA) is 46.3 Å². The number of nitrogens with two attached hydrogens (primary N) is 1. The fourth-order valence-electron chi connectivity index (χ4n) is 3.12. The molecule has 1 unspecified atom stereocenters. The standard InChI is InChI=1S/C19H22N2O/c1-3-18(22)21-11-15-9-8-14(10-16(15)12-21)19(20)17-7-5-4-6-13(17)2/h4-10,19H,3,11-12,20H2,1-2H3. The molecule has 1 heterocycles. The number of rotatable bonds is 3.